The van der Waals surface area contributed by atoms with Gasteiger partial charge in [-0.25, -0.2) is 18.2 Å². The van der Waals surface area contributed by atoms with E-state index in [-0.39, 0.29) is 23.7 Å². The summed E-state index contributed by atoms with van der Waals surface area (Å²) in [5.74, 6) is 0.337. The number of nitrogens with zero attached hydrogens (tertiary/aromatic N) is 2. The van der Waals surface area contributed by atoms with Gasteiger partial charge in [0, 0.05) is 18.8 Å². The summed E-state index contributed by atoms with van der Waals surface area (Å²) in [5.41, 5.74) is -0.526. The summed E-state index contributed by atoms with van der Waals surface area (Å²) in [6.07, 6.45) is 1.44. The van der Waals surface area contributed by atoms with Crippen molar-refractivity contribution in [3.8, 4) is 17.5 Å². The fourth-order valence-electron chi connectivity index (χ4n) is 2.44. The molecule has 148 valence electrons. The second-order valence-electron chi connectivity index (χ2n) is 5.73. The van der Waals surface area contributed by atoms with E-state index in [4.69, 9.17) is 16.3 Å². The van der Waals surface area contributed by atoms with Crippen LogP contribution < -0.4 is 10.4 Å². The summed E-state index contributed by atoms with van der Waals surface area (Å²) in [6, 6.07) is 9.05. The molecule has 3 aromatic rings. The number of pyridine rings is 1. The van der Waals surface area contributed by atoms with Crippen molar-refractivity contribution in [2.45, 2.75) is 18.4 Å². The number of halogens is 1. The predicted molar refractivity (Wildman–Crippen MR) is 102 cm³/mol. The average molecular weight is 425 g/mol. The third-order valence-corrected chi connectivity index (χ3v) is 6.01. The van der Waals surface area contributed by atoms with Crippen LogP contribution in [0, 0.1) is 0 Å². The molecule has 1 aromatic carbocycles. The first-order valence-corrected chi connectivity index (χ1v) is 10.0. The van der Waals surface area contributed by atoms with E-state index in [0.717, 1.165) is 4.31 Å². The number of benzene rings is 1. The number of aromatic nitrogens is 3. The minimum absolute atomic E-state index is 0.0446. The Hall–Kier alpha value is -2.82. The van der Waals surface area contributed by atoms with Crippen molar-refractivity contribution in [1.29, 1.82) is 0 Å². The lowest BCUT2D eigenvalue weighted by Gasteiger charge is -2.20. The second-order valence-corrected chi connectivity index (χ2v) is 8.10. The number of nitrogens with one attached hydrogen (secondary N) is 2. The monoisotopic (exact) mass is 424 g/mol. The van der Waals surface area contributed by atoms with E-state index in [9.17, 15) is 18.3 Å². The molecule has 0 bridgehead atoms. The molecule has 28 heavy (non-hydrogen) atoms. The lowest BCUT2D eigenvalue weighted by Crippen LogP contribution is -2.30. The number of hydrogen-bond donors (Lipinski definition) is 3. The highest BCUT2D eigenvalue weighted by Crippen LogP contribution is 2.25. The van der Waals surface area contributed by atoms with Gasteiger partial charge < -0.3 is 14.8 Å². The summed E-state index contributed by atoms with van der Waals surface area (Å²) in [7, 11) is -3.85. The molecule has 0 aliphatic carbocycles. The van der Waals surface area contributed by atoms with E-state index in [2.05, 4.69) is 15.0 Å². The number of aromatic amines is 2. The van der Waals surface area contributed by atoms with E-state index in [1.165, 1.54) is 30.5 Å². The molecular weight excluding hydrogens is 408 g/mol. The molecule has 2 heterocycles. The van der Waals surface area contributed by atoms with Crippen LogP contribution >= 0.6 is 11.6 Å². The second kappa shape index (κ2) is 8.05. The molecule has 9 nitrogen and oxygen atoms in total. The third-order valence-electron chi connectivity index (χ3n) is 3.85. The van der Waals surface area contributed by atoms with Crippen molar-refractivity contribution in [2.24, 2.45) is 0 Å². The van der Waals surface area contributed by atoms with Crippen molar-refractivity contribution in [3.63, 3.8) is 0 Å². The van der Waals surface area contributed by atoms with E-state index in [0.29, 0.717) is 16.7 Å². The van der Waals surface area contributed by atoms with Gasteiger partial charge in [0.1, 0.15) is 5.75 Å². The quantitative estimate of drug-likeness (QED) is 0.534. The SMILES string of the molecule is CCN(Cc1[nH]c(=O)[nH]c1O)S(=O)(=O)c1ccc(Oc2ccc(Cl)cn2)cc1. The number of imidazole rings is 1. The minimum atomic E-state index is -3.85. The maximum atomic E-state index is 12.9. The topological polar surface area (TPSA) is 128 Å². The van der Waals surface area contributed by atoms with Gasteiger partial charge in [0.05, 0.1) is 22.2 Å². The largest absolute Gasteiger partial charge is 0.493 e. The number of aromatic hydroxyl groups is 1. The fraction of sp³-hybridized carbons (Fsp3) is 0.176. The average Bonchev–Trinajstić information content (AvgIpc) is 2.99. The number of rotatable bonds is 7. The van der Waals surface area contributed by atoms with E-state index in [1.54, 1.807) is 19.1 Å². The van der Waals surface area contributed by atoms with Gasteiger partial charge in [-0.05, 0) is 30.3 Å². The first-order valence-electron chi connectivity index (χ1n) is 8.19. The Labute approximate surface area is 165 Å². The van der Waals surface area contributed by atoms with Crippen LogP contribution in [-0.2, 0) is 16.6 Å². The normalized spacial score (nSPS) is 11.7. The first kappa shape index (κ1) is 19.9. The fourth-order valence-corrected chi connectivity index (χ4v) is 3.97. The van der Waals surface area contributed by atoms with Gasteiger partial charge in [0.2, 0.25) is 21.8 Å². The van der Waals surface area contributed by atoms with Crippen molar-refractivity contribution in [2.75, 3.05) is 6.54 Å². The van der Waals surface area contributed by atoms with Gasteiger partial charge >= 0.3 is 5.69 Å². The van der Waals surface area contributed by atoms with E-state index in [1.807, 2.05) is 0 Å². The van der Waals surface area contributed by atoms with E-state index < -0.39 is 21.6 Å². The number of hydrogen-bond acceptors (Lipinski definition) is 6. The number of sulfonamides is 1. The Morgan fingerprint density at radius 1 is 1.18 bits per heavy atom. The molecule has 3 rings (SSSR count). The third kappa shape index (κ3) is 4.35. The van der Waals surface area contributed by atoms with Crippen LogP contribution in [0.4, 0.5) is 0 Å². The lowest BCUT2D eigenvalue weighted by molar-refractivity contribution is 0.398. The predicted octanol–water partition coefficient (Wildman–Crippen LogP) is 2.46. The highest BCUT2D eigenvalue weighted by atomic mass is 35.5. The molecule has 0 saturated carbocycles. The van der Waals surface area contributed by atoms with Gasteiger partial charge in [-0.15, -0.1) is 0 Å². The molecular formula is C17H17ClN4O5S. The summed E-state index contributed by atoms with van der Waals surface area (Å²) < 4.78 is 32.4. The lowest BCUT2D eigenvalue weighted by atomic mass is 10.3. The van der Waals surface area contributed by atoms with Crippen LogP contribution in [0.2, 0.25) is 5.02 Å². The van der Waals surface area contributed by atoms with Crippen LogP contribution in [-0.4, -0.2) is 39.3 Å². The first-order chi connectivity index (χ1) is 13.3. The van der Waals surface area contributed by atoms with Crippen molar-refractivity contribution in [1.82, 2.24) is 19.3 Å². The van der Waals surface area contributed by atoms with Gasteiger partial charge in [-0.3, -0.25) is 4.98 Å². The highest BCUT2D eigenvalue weighted by molar-refractivity contribution is 7.89. The van der Waals surface area contributed by atoms with Crippen LogP contribution in [0.15, 0.2) is 52.3 Å². The number of ether oxygens (including phenoxy) is 1. The van der Waals surface area contributed by atoms with E-state index >= 15 is 0 Å². The van der Waals surface area contributed by atoms with Crippen molar-refractivity contribution < 1.29 is 18.3 Å². The molecule has 0 amide bonds. The van der Waals surface area contributed by atoms with Crippen LogP contribution in [0.1, 0.15) is 12.6 Å². The molecule has 0 atom stereocenters. The molecule has 0 saturated heterocycles. The Kier molecular flexibility index (Phi) is 5.73. The zero-order valence-corrected chi connectivity index (χ0v) is 16.3. The standard InChI is InChI=1S/C17H17ClN4O5S/c1-2-22(10-14-16(23)21-17(24)20-14)28(25,26)13-6-4-12(5-7-13)27-15-8-3-11(18)9-19-15/h3-9,23H,2,10H2,1H3,(H2,20,21,24). The van der Waals surface area contributed by atoms with Crippen molar-refractivity contribution >= 4 is 21.6 Å². The molecule has 2 aromatic heterocycles. The molecule has 0 aliphatic heterocycles. The molecule has 3 N–H and O–H groups in total. The zero-order valence-electron chi connectivity index (χ0n) is 14.7. The van der Waals surface area contributed by atoms with Crippen LogP contribution in [0.25, 0.3) is 0 Å². The molecule has 11 heteroatoms. The van der Waals surface area contributed by atoms with Gasteiger partial charge in [0.25, 0.3) is 0 Å². The summed E-state index contributed by atoms with van der Waals surface area (Å²) in [4.78, 5) is 19.8. The molecule has 0 spiro atoms. The summed E-state index contributed by atoms with van der Waals surface area (Å²) >= 11 is 5.77. The van der Waals surface area contributed by atoms with Gasteiger partial charge in [-0.2, -0.15) is 4.31 Å². The van der Waals surface area contributed by atoms with Gasteiger partial charge in [0.15, 0.2) is 0 Å². The van der Waals surface area contributed by atoms with Gasteiger partial charge in [-0.1, -0.05) is 18.5 Å². The zero-order chi connectivity index (χ0) is 20.3. The molecule has 0 unspecified atom stereocenters. The van der Waals surface area contributed by atoms with Crippen LogP contribution in [0.3, 0.4) is 0 Å². The maximum Gasteiger partial charge on any atom is 0.326 e. The Balaban J connectivity index is 1.79. The summed E-state index contributed by atoms with van der Waals surface area (Å²) in [6.45, 7) is 1.61. The molecule has 0 radical (unpaired) electrons. The maximum absolute atomic E-state index is 12.9. The number of H-pyrrole nitrogens is 2. The molecule has 0 aliphatic rings. The van der Waals surface area contributed by atoms with Crippen LogP contribution in [0.5, 0.6) is 17.5 Å². The summed E-state index contributed by atoms with van der Waals surface area (Å²) in [5, 5.41) is 10.1. The smallest absolute Gasteiger partial charge is 0.326 e. The Bertz CT molecular complexity index is 1110. The Morgan fingerprint density at radius 3 is 2.43 bits per heavy atom. The highest BCUT2D eigenvalue weighted by Gasteiger charge is 2.25. The molecule has 0 fully saturated rings. The Morgan fingerprint density at radius 2 is 1.89 bits per heavy atom. The minimum Gasteiger partial charge on any atom is -0.493 e. The van der Waals surface area contributed by atoms with Crippen molar-refractivity contribution in [3.05, 3.63) is 63.8 Å².